The predicted octanol–water partition coefficient (Wildman–Crippen LogP) is 1.78. The number of rotatable bonds is 2. The van der Waals surface area contributed by atoms with Crippen molar-refractivity contribution >= 4 is 5.69 Å². The molecule has 0 spiro atoms. The van der Waals surface area contributed by atoms with Crippen molar-refractivity contribution in [2.75, 3.05) is 0 Å². The lowest BCUT2D eigenvalue weighted by atomic mass is 10.2. The second-order valence-corrected chi connectivity index (χ2v) is 2.67. The second kappa shape index (κ2) is 3.45. The van der Waals surface area contributed by atoms with Crippen molar-refractivity contribution in [3.05, 3.63) is 40.5 Å². The van der Waals surface area contributed by atoms with Crippen molar-refractivity contribution in [2.45, 2.75) is 0 Å². The van der Waals surface area contributed by atoms with Gasteiger partial charge in [0.1, 0.15) is 5.82 Å². The van der Waals surface area contributed by atoms with E-state index in [0.717, 1.165) is 12.5 Å². The summed E-state index contributed by atoms with van der Waals surface area (Å²) < 4.78 is 18.1. The summed E-state index contributed by atoms with van der Waals surface area (Å²) in [5.74, 6) is -0.782. The number of halogens is 1. The molecule has 0 saturated carbocycles. The predicted molar refractivity (Wildman–Crippen MR) is 46.3 cm³/mol. The van der Waals surface area contributed by atoms with E-state index in [-0.39, 0.29) is 17.1 Å². The highest BCUT2D eigenvalue weighted by Crippen LogP contribution is 2.24. The molecule has 15 heavy (non-hydrogen) atoms. The molecule has 1 heterocycles. The molecule has 2 rings (SSSR count). The highest BCUT2D eigenvalue weighted by Gasteiger charge is 2.14. The number of aromatic nitrogens is 2. The van der Waals surface area contributed by atoms with E-state index in [0.29, 0.717) is 0 Å². The second-order valence-electron chi connectivity index (χ2n) is 2.67. The van der Waals surface area contributed by atoms with Gasteiger partial charge in [0.2, 0.25) is 12.3 Å². The number of nitro groups is 1. The summed E-state index contributed by atoms with van der Waals surface area (Å²) in [6.45, 7) is 0. The van der Waals surface area contributed by atoms with Crippen molar-refractivity contribution in [2.24, 2.45) is 0 Å². The molecule has 6 nitrogen and oxygen atoms in total. The molecule has 0 saturated heterocycles. The van der Waals surface area contributed by atoms with E-state index in [1.54, 1.807) is 0 Å². The van der Waals surface area contributed by atoms with Crippen LogP contribution in [0.5, 0.6) is 0 Å². The van der Waals surface area contributed by atoms with Crippen molar-refractivity contribution in [3.63, 3.8) is 0 Å². The maximum absolute atomic E-state index is 13.3. The Morgan fingerprint density at radius 3 is 2.80 bits per heavy atom. The van der Waals surface area contributed by atoms with Crippen LogP contribution in [0.25, 0.3) is 11.5 Å². The molecular weight excluding hydrogens is 205 g/mol. The van der Waals surface area contributed by atoms with Gasteiger partial charge in [-0.1, -0.05) is 0 Å². The summed E-state index contributed by atoms with van der Waals surface area (Å²) in [5, 5.41) is 17.2. The zero-order valence-electron chi connectivity index (χ0n) is 7.25. The first-order chi connectivity index (χ1) is 7.18. The van der Waals surface area contributed by atoms with Gasteiger partial charge in [-0.3, -0.25) is 10.1 Å². The molecule has 1 aromatic heterocycles. The number of hydrogen-bond acceptors (Lipinski definition) is 5. The Bertz CT molecular complexity index is 498. The van der Waals surface area contributed by atoms with Crippen molar-refractivity contribution < 1.29 is 13.7 Å². The van der Waals surface area contributed by atoms with Crippen molar-refractivity contribution in [1.29, 1.82) is 0 Å². The summed E-state index contributed by atoms with van der Waals surface area (Å²) in [4.78, 5) is 9.66. The molecule has 7 heteroatoms. The van der Waals surface area contributed by atoms with E-state index >= 15 is 0 Å². The van der Waals surface area contributed by atoms with Crippen molar-refractivity contribution in [3.8, 4) is 11.5 Å². The Kier molecular flexibility index (Phi) is 2.13. The number of hydrogen-bond donors (Lipinski definition) is 0. The Morgan fingerprint density at radius 1 is 1.47 bits per heavy atom. The van der Waals surface area contributed by atoms with Crippen LogP contribution in [0.1, 0.15) is 0 Å². The van der Waals surface area contributed by atoms with Crippen LogP contribution in [0.3, 0.4) is 0 Å². The van der Waals surface area contributed by atoms with Crippen LogP contribution in [0.15, 0.2) is 29.0 Å². The van der Waals surface area contributed by atoms with Gasteiger partial charge in [-0.2, -0.15) is 0 Å². The quantitative estimate of drug-likeness (QED) is 0.556. The fourth-order valence-electron chi connectivity index (χ4n) is 1.08. The lowest BCUT2D eigenvalue weighted by Gasteiger charge is -1.96. The van der Waals surface area contributed by atoms with Crippen LogP contribution in [0.2, 0.25) is 0 Å². The van der Waals surface area contributed by atoms with Gasteiger partial charge in [0, 0.05) is 6.07 Å². The molecule has 1 aromatic carbocycles. The minimum Gasteiger partial charge on any atom is -0.423 e. The molecule has 0 radical (unpaired) electrons. The van der Waals surface area contributed by atoms with Gasteiger partial charge in [-0.15, -0.1) is 10.2 Å². The van der Waals surface area contributed by atoms with Crippen LogP contribution in [0, 0.1) is 15.9 Å². The monoisotopic (exact) mass is 209 g/mol. The highest BCUT2D eigenvalue weighted by molar-refractivity contribution is 5.56. The standard InChI is InChI=1S/C8H4FN3O3/c9-7-3-5(12(13)14)1-2-6(7)8-11-10-4-15-8/h1-4H. The summed E-state index contributed by atoms with van der Waals surface area (Å²) >= 11 is 0. The van der Waals surface area contributed by atoms with Gasteiger partial charge in [-0.25, -0.2) is 4.39 Å². The van der Waals surface area contributed by atoms with Crippen LogP contribution >= 0.6 is 0 Å². The molecule has 0 bridgehead atoms. The fraction of sp³-hybridized carbons (Fsp3) is 0. The fourth-order valence-corrected chi connectivity index (χ4v) is 1.08. The average molecular weight is 209 g/mol. The lowest BCUT2D eigenvalue weighted by molar-refractivity contribution is -0.385. The normalized spacial score (nSPS) is 10.2. The Labute approximate surface area is 82.5 Å². The van der Waals surface area contributed by atoms with Gasteiger partial charge in [-0.05, 0) is 6.07 Å². The van der Waals surface area contributed by atoms with E-state index in [9.17, 15) is 14.5 Å². The maximum Gasteiger partial charge on any atom is 0.272 e. The number of nitrogens with zero attached hydrogens (tertiary/aromatic N) is 3. The van der Waals surface area contributed by atoms with E-state index in [4.69, 9.17) is 4.42 Å². The van der Waals surface area contributed by atoms with Gasteiger partial charge >= 0.3 is 0 Å². The van der Waals surface area contributed by atoms with E-state index < -0.39 is 10.7 Å². The molecule has 0 atom stereocenters. The number of nitro benzene ring substituents is 1. The van der Waals surface area contributed by atoms with Crippen LogP contribution in [0.4, 0.5) is 10.1 Å². The van der Waals surface area contributed by atoms with Crippen LogP contribution in [-0.4, -0.2) is 15.1 Å². The Balaban J connectivity index is 2.48. The average Bonchev–Trinajstić information content (AvgIpc) is 2.70. The SMILES string of the molecule is O=[N+]([O-])c1ccc(-c2nnco2)c(F)c1. The first-order valence-electron chi connectivity index (χ1n) is 3.89. The third-order valence-electron chi connectivity index (χ3n) is 1.75. The zero-order valence-corrected chi connectivity index (χ0v) is 7.25. The number of non-ortho nitro benzene ring substituents is 1. The molecule has 0 fully saturated rings. The van der Waals surface area contributed by atoms with Crippen LogP contribution < -0.4 is 0 Å². The zero-order chi connectivity index (χ0) is 10.8. The summed E-state index contributed by atoms with van der Waals surface area (Å²) in [6.07, 6.45) is 1.05. The molecular formula is C8H4FN3O3. The molecule has 0 amide bonds. The first kappa shape index (κ1) is 9.25. The van der Waals surface area contributed by atoms with Gasteiger partial charge in [0.05, 0.1) is 16.6 Å². The maximum atomic E-state index is 13.3. The van der Waals surface area contributed by atoms with Gasteiger partial charge in [0.15, 0.2) is 0 Å². The summed E-state index contributed by atoms with van der Waals surface area (Å²) in [7, 11) is 0. The lowest BCUT2D eigenvalue weighted by Crippen LogP contribution is -1.91. The molecule has 0 aliphatic carbocycles. The summed E-state index contributed by atoms with van der Waals surface area (Å²) in [6, 6.07) is 3.20. The topological polar surface area (TPSA) is 82.1 Å². The van der Waals surface area contributed by atoms with Crippen molar-refractivity contribution in [1.82, 2.24) is 10.2 Å². The molecule has 76 valence electrons. The first-order valence-corrected chi connectivity index (χ1v) is 3.89. The van der Waals surface area contributed by atoms with Gasteiger partial charge < -0.3 is 4.42 Å². The molecule has 0 N–H and O–H groups in total. The van der Waals surface area contributed by atoms with E-state index in [2.05, 4.69) is 10.2 Å². The number of benzene rings is 1. The van der Waals surface area contributed by atoms with Crippen LogP contribution in [-0.2, 0) is 0 Å². The smallest absolute Gasteiger partial charge is 0.272 e. The molecule has 2 aromatic rings. The highest BCUT2D eigenvalue weighted by atomic mass is 19.1. The van der Waals surface area contributed by atoms with Gasteiger partial charge in [0.25, 0.3) is 5.69 Å². The molecule has 0 aliphatic heterocycles. The van der Waals surface area contributed by atoms with E-state index in [1.807, 2.05) is 0 Å². The molecule has 0 aliphatic rings. The minimum atomic E-state index is -0.770. The largest absolute Gasteiger partial charge is 0.423 e. The third-order valence-corrected chi connectivity index (χ3v) is 1.75. The molecule has 0 unspecified atom stereocenters. The Morgan fingerprint density at radius 2 is 2.27 bits per heavy atom. The summed E-state index contributed by atoms with van der Waals surface area (Å²) in [5.41, 5.74) is -0.283. The Hall–Kier alpha value is -2.31. The van der Waals surface area contributed by atoms with E-state index in [1.165, 1.54) is 12.1 Å². The third kappa shape index (κ3) is 1.66. The minimum absolute atomic E-state index is 0.0117.